The van der Waals surface area contributed by atoms with Crippen LogP contribution in [0, 0.1) is 17.8 Å². The molecule has 1 aromatic heterocycles. The number of hydrogen-bond acceptors (Lipinski definition) is 6. The third-order valence-electron chi connectivity index (χ3n) is 8.27. The van der Waals surface area contributed by atoms with Crippen LogP contribution in [0.4, 0.5) is 5.69 Å². The first kappa shape index (κ1) is 24.7. The van der Waals surface area contributed by atoms with E-state index in [1.807, 2.05) is 0 Å². The van der Waals surface area contributed by atoms with Gasteiger partial charge in [0.2, 0.25) is 0 Å². The molecule has 2 aromatic carbocycles. The highest BCUT2D eigenvalue weighted by atomic mass is 32.2. The molecule has 3 aromatic rings. The Morgan fingerprint density at radius 2 is 1.61 bits per heavy atom. The van der Waals surface area contributed by atoms with Gasteiger partial charge in [-0.25, -0.2) is 18.0 Å². The van der Waals surface area contributed by atoms with Crippen LogP contribution in [0.5, 0.6) is 0 Å². The summed E-state index contributed by atoms with van der Waals surface area (Å²) in [6.45, 7) is 1.54. The standard InChI is InChI=1S/C27H30N4O6S/c1-15(24(32)30-27-12-16-8-17(13-27)10-18(9-16)14-27)37-25(33)20-4-2-3-5-21(20)31-38(35,36)19-6-7-22-23(11-19)29-26(34)28-22/h2-7,11,15-18,31H,8-10,12-14H2,1H3,(H,30,32)(H2,28,29,34)/t15-,16?,17?,18?,27?/m0/s1. The van der Waals surface area contributed by atoms with Crippen molar-refractivity contribution in [1.29, 1.82) is 0 Å². The number of para-hydroxylation sites is 1. The molecule has 1 atom stereocenters. The number of amides is 1. The number of esters is 1. The van der Waals surface area contributed by atoms with Crippen molar-refractivity contribution in [2.75, 3.05) is 4.72 Å². The summed E-state index contributed by atoms with van der Waals surface area (Å²) in [5, 5.41) is 3.22. The molecule has 7 rings (SSSR count). The molecule has 4 aliphatic rings. The Morgan fingerprint density at radius 1 is 0.974 bits per heavy atom. The van der Waals surface area contributed by atoms with Crippen LogP contribution in [0.25, 0.3) is 11.0 Å². The zero-order valence-corrected chi connectivity index (χ0v) is 21.8. The lowest BCUT2D eigenvalue weighted by Gasteiger charge is -2.57. The van der Waals surface area contributed by atoms with Crippen molar-refractivity contribution in [3.63, 3.8) is 0 Å². The number of imidazole rings is 1. The minimum Gasteiger partial charge on any atom is -0.449 e. The number of benzene rings is 2. The van der Waals surface area contributed by atoms with E-state index in [4.69, 9.17) is 4.74 Å². The Bertz CT molecular complexity index is 1550. The first-order chi connectivity index (χ1) is 18.1. The normalized spacial score (nSPS) is 26.7. The molecule has 0 aliphatic heterocycles. The van der Waals surface area contributed by atoms with Gasteiger partial charge in [0.05, 0.1) is 27.2 Å². The second-order valence-electron chi connectivity index (χ2n) is 11.2. The summed E-state index contributed by atoms with van der Waals surface area (Å²) in [6, 6.07) is 10.2. The van der Waals surface area contributed by atoms with Crippen molar-refractivity contribution in [2.45, 2.75) is 62.0 Å². The average Bonchev–Trinajstić information content (AvgIpc) is 3.22. The molecule has 38 heavy (non-hydrogen) atoms. The Hall–Kier alpha value is -3.60. The van der Waals surface area contributed by atoms with E-state index >= 15 is 0 Å². The van der Waals surface area contributed by atoms with Crippen LogP contribution in [0.2, 0.25) is 0 Å². The van der Waals surface area contributed by atoms with Gasteiger partial charge >= 0.3 is 11.7 Å². The van der Waals surface area contributed by atoms with Crippen LogP contribution in [-0.2, 0) is 19.6 Å². The van der Waals surface area contributed by atoms with Crippen LogP contribution in [0.3, 0.4) is 0 Å². The predicted molar refractivity (Wildman–Crippen MR) is 140 cm³/mol. The quantitative estimate of drug-likeness (QED) is 0.339. The minimum atomic E-state index is -4.10. The van der Waals surface area contributed by atoms with Crippen LogP contribution >= 0.6 is 0 Å². The first-order valence-corrected chi connectivity index (χ1v) is 14.4. The monoisotopic (exact) mass is 538 g/mol. The maximum Gasteiger partial charge on any atom is 0.341 e. The molecule has 10 nitrogen and oxygen atoms in total. The highest BCUT2D eigenvalue weighted by molar-refractivity contribution is 7.92. The SMILES string of the molecule is C[C@H](OC(=O)c1ccccc1NS(=O)(=O)c1ccc2[nH]c(=O)[nH]c2c1)C(=O)NC12CC3CC(CC(C3)C1)C2. The maximum atomic E-state index is 13.1. The van der Waals surface area contributed by atoms with E-state index in [9.17, 15) is 22.8 Å². The molecule has 0 saturated heterocycles. The number of aromatic nitrogens is 2. The van der Waals surface area contributed by atoms with E-state index in [1.54, 1.807) is 12.1 Å². The molecule has 4 fully saturated rings. The van der Waals surface area contributed by atoms with Gasteiger partial charge < -0.3 is 20.0 Å². The Balaban J connectivity index is 1.15. The number of ether oxygens (including phenoxy) is 1. The number of fused-ring (bicyclic) bond motifs is 1. The van der Waals surface area contributed by atoms with Gasteiger partial charge in [-0.3, -0.25) is 9.52 Å². The number of H-pyrrole nitrogens is 2. The predicted octanol–water partition coefficient (Wildman–Crippen LogP) is 3.29. The number of carbonyl (C=O) groups excluding carboxylic acids is 2. The summed E-state index contributed by atoms with van der Waals surface area (Å²) < 4.78 is 34.1. The number of carbonyl (C=O) groups is 2. The third kappa shape index (κ3) is 4.59. The van der Waals surface area contributed by atoms with Crippen molar-refractivity contribution < 1.29 is 22.7 Å². The molecule has 1 heterocycles. The van der Waals surface area contributed by atoms with Crippen LogP contribution in [0.15, 0.2) is 52.2 Å². The summed E-state index contributed by atoms with van der Waals surface area (Å²) in [6.07, 6.45) is 5.68. The molecule has 4 bridgehead atoms. The lowest BCUT2D eigenvalue weighted by atomic mass is 9.53. The number of aromatic amines is 2. The van der Waals surface area contributed by atoms with Gasteiger partial charge in [-0.15, -0.1) is 0 Å². The van der Waals surface area contributed by atoms with Crippen LogP contribution in [-0.4, -0.2) is 41.9 Å². The van der Waals surface area contributed by atoms with E-state index in [0.29, 0.717) is 28.8 Å². The molecule has 0 unspecified atom stereocenters. The lowest BCUT2D eigenvalue weighted by Crippen LogP contribution is -2.61. The molecular weight excluding hydrogens is 508 g/mol. The molecule has 4 saturated carbocycles. The lowest BCUT2D eigenvalue weighted by molar-refractivity contribution is -0.134. The Kier molecular flexibility index (Phi) is 5.86. The molecular formula is C27H30N4O6S. The smallest absolute Gasteiger partial charge is 0.341 e. The zero-order chi connectivity index (χ0) is 26.7. The Morgan fingerprint density at radius 3 is 2.29 bits per heavy atom. The Labute approximate surface area is 219 Å². The van der Waals surface area contributed by atoms with Crippen molar-refractivity contribution in [2.24, 2.45) is 17.8 Å². The third-order valence-corrected chi connectivity index (χ3v) is 9.63. The maximum absolute atomic E-state index is 13.1. The van der Waals surface area contributed by atoms with E-state index in [2.05, 4.69) is 20.0 Å². The zero-order valence-electron chi connectivity index (χ0n) is 21.0. The molecule has 4 aliphatic carbocycles. The number of anilines is 1. The largest absolute Gasteiger partial charge is 0.449 e. The summed E-state index contributed by atoms with van der Waals surface area (Å²) in [7, 11) is -4.10. The number of sulfonamides is 1. The van der Waals surface area contributed by atoms with Crippen LogP contribution in [0.1, 0.15) is 55.8 Å². The summed E-state index contributed by atoms with van der Waals surface area (Å²) in [5.74, 6) is 0.863. The topological polar surface area (TPSA) is 150 Å². The van der Waals surface area contributed by atoms with Crippen LogP contribution < -0.4 is 15.7 Å². The van der Waals surface area contributed by atoms with Gasteiger partial charge in [0.15, 0.2) is 6.10 Å². The van der Waals surface area contributed by atoms with Gasteiger partial charge in [0.1, 0.15) is 0 Å². The summed E-state index contributed by atoms with van der Waals surface area (Å²) in [4.78, 5) is 42.7. The first-order valence-electron chi connectivity index (χ1n) is 13.0. The molecule has 4 N–H and O–H groups in total. The van der Waals surface area contributed by atoms with E-state index in [-0.39, 0.29) is 27.6 Å². The highest BCUT2D eigenvalue weighted by Crippen LogP contribution is 2.55. The highest BCUT2D eigenvalue weighted by Gasteiger charge is 2.51. The number of rotatable bonds is 7. The van der Waals surface area contributed by atoms with Crippen molar-refractivity contribution >= 4 is 38.6 Å². The van der Waals surface area contributed by atoms with Gasteiger partial charge in [-0.2, -0.15) is 0 Å². The average molecular weight is 539 g/mol. The van der Waals surface area contributed by atoms with Gasteiger partial charge in [0.25, 0.3) is 15.9 Å². The summed E-state index contributed by atoms with van der Waals surface area (Å²) in [5.41, 5.74) is 0.167. The molecule has 1 amide bonds. The molecule has 0 spiro atoms. The van der Waals surface area contributed by atoms with E-state index in [0.717, 1.165) is 19.3 Å². The van der Waals surface area contributed by atoms with Gasteiger partial charge in [-0.1, -0.05) is 12.1 Å². The fourth-order valence-electron chi connectivity index (χ4n) is 7.04. The van der Waals surface area contributed by atoms with Crippen molar-refractivity contribution in [3.8, 4) is 0 Å². The second kappa shape index (κ2) is 9.00. The number of nitrogens with one attached hydrogen (secondary N) is 4. The van der Waals surface area contributed by atoms with Gasteiger partial charge in [0, 0.05) is 5.54 Å². The number of hydrogen-bond donors (Lipinski definition) is 4. The molecule has 0 radical (unpaired) electrons. The van der Waals surface area contributed by atoms with Gasteiger partial charge in [-0.05, 0) is 93.5 Å². The molecule has 11 heteroatoms. The van der Waals surface area contributed by atoms with Crippen molar-refractivity contribution in [3.05, 3.63) is 58.5 Å². The van der Waals surface area contributed by atoms with E-state index < -0.39 is 27.8 Å². The fourth-order valence-corrected chi connectivity index (χ4v) is 8.14. The second-order valence-corrected chi connectivity index (χ2v) is 12.9. The van der Waals surface area contributed by atoms with Crippen molar-refractivity contribution in [1.82, 2.24) is 15.3 Å². The molecule has 200 valence electrons. The minimum absolute atomic E-state index is 0.0124. The van der Waals surface area contributed by atoms with E-state index in [1.165, 1.54) is 56.5 Å². The summed E-state index contributed by atoms with van der Waals surface area (Å²) >= 11 is 0. The fraction of sp³-hybridized carbons (Fsp3) is 0.444.